The maximum Gasteiger partial charge on any atom is 0.334 e. The molecule has 0 saturated heterocycles. The number of methoxy groups -OCH3 is 1. The average Bonchev–Trinajstić information content (AvgIpc) is 2.37. The molecule has 1 aromatic rings. The molecule has 1 unspecified atom stereocenters. The van der Waals surface area contributed by atoms with E-state index < -0.39 is 0 Å². The van der Waals surface area contributed by atoms with E-state index in [9.17, 15) is 4.79 Å². The van der Waals surface area contributed by atoms with E-state index in [-0.39, 0.29) is 12.1 Å². The van der Waals surface area contributed by atoms with Crippen LogP contribution >= 0.6 is 15.9 Å². The van der Waals surface area contributed by atoms with E-state index in [2.05, 4.69) is 15.9 Å². The minimum Gasteiger partial charge on any atom is -0.501 e. The predicted octanol–water partition coefficient (Wildman–Crippen LogP) is 3.31. The smallest absolute Gasteiger partial charge is 0.334 e. The van der Waals surface area contributed by atoms with Gasteiger partial charge in [-0.05, 0) is 23.8 Å². The van der Waals surface area contributed by atoms with E-state index in [4.69, 9.17) is 9.47 Å². The van der Waals surface area contributed by atoms with E-state index >= 15 is 0 Å². The SMILES string of the molecule is COC1=CC(=O)OC(C=Cc2ccc(Br)cc2)C1. The summed E-state index contributed by atoms with van der Waals surface area (Å²) in [6, 6.07) is 7.90. The summed E-state index contributed by atoms with van der Waals surface area (Å²) < 4.78 is 11.3. The molecule has 3 nitrogen and oxygen atoms in total. The number of rotatable bonds is 3. The van der Waals surface area contributed by atoms with Gasteiger partial charge in [-0.1, -0.05) is 34.1 Å². The van der Waals surface area contributed by atoms with E-state index in [1.54, 1.807) is 7.11 Å². The molecule has 94 valence electrons. The Bertz CT molecular complexity index is 488. The molecule has 0 amide bonds. The molecule has 1 aliphatic rings. The summed E-state index contributed by atoms with van der Waals surface area (Å²) in [5, 5.41) is 0. The molecule has 0 radical (unpaired) electrons. The first-order valence-electron chi connectivity index (χ1n) is 5.56. The second-order valence-corrected chi connectivity index (χ2v) is 4.82. The first-order chi connectivity index (χ1) is 8.67. The minimum absolute atomic E-state index is 0.263. The van der Waals surface area contributed by atoms with E-state index in [0.29, 0.717) is 12.2 Å². The summed E-state index contributed by atoms with van der Waals surface area (Å²) in [5.74, 6) is 0.292. The molecule has 0 saturated carbocycles. The Balaban J connectivity index is 2.04. The third-order valence-corrected chi connectivity index (χ3v) is 3.11. The van der Waals surface area contributed by atoms with Crippen molar-refractivity contribution >= 4 is 28.0 Å². The monoisotopic (exact) mass is 308 g/mol. The van der Waals surface area contributed by atoms with Gasteiger partial charge in [0.1, 0.15) is 11.9 Å². The topological polar surface area (TPSA) is 35.5 Å². The van der Waals surface area contributed by atoms with E-state index in [0.717, 1.165) is 10.0 Å². The third kappa shape index (κ3) is 3.47. The zero-order valence-corrected chi connectivity index (χ0v) is 11.5. The van der Waals surface area contributed by atoms with Crippen LogP contribution < -0.4 is 0 Å². The van der Waals surface area contributed by atoms with Crippen LogP contribution in [-0.4, -0.2) is 19.2 Å². The zero-order valence-electron chi connectivity index (χ0n) is 9.93. The quantitative estimate of drug-likeness (QED) is 0.804. The molecule has 0 spiro atoms. The molecule has 0 aromatic heterocycles. The Morgan fingerprint density at radius 1 is 1.39 bits per heavy atom. The fourth-order valence-electron chi connectivity index (χ4n) is 1.66. The molecule has 2 rings (SSSR count). The highest BCUT2D eigenvalue weighted by atomic mass is 79.9. The number of ether oxygens (including phenoxy) is 2. The first-order valence-corrected chi connectivity index (χ1v) is 6.35. The Kier molecular flexibility index (Phi) is 4.20. The molecule has 1 aromatic carbocycles. The molecule has 1 heterocycles. The largest absolute Gasteiger partial charge is 0.501 e. The summed E-state index contributed by atoms with van der Waals surface area (Å²) in [6.45, 7) is 0. The molecule has 4 heteroatoms. The van der Waals surface area contributed by atoms with Gasteiger partial charge in [0.25, 0.3) is 0 Å². The van der Waals surface area contributed by atoms with Gasteiger partial charge >= 0.3 is 5.97 Å². The van der Waals surface area contributed by atoms with Gasteiger partial charge in [0.15, 0.2) is 0 Å². The van der Waals surface area contributed by atoms with Gasteiger partial charge in [-0.25, -0.2) is 4.79 Å². The number of hydrogen-bond acceptors (Lipinski definition) is 3. The first kappa shape index (κ1) is 12.9. The van der Waals surface area contributed by atoms with Gasteiger partial charge in [-0.2, -0.15) is 0 Å². The maximum atomic E-state index is 11.3. The van der Waals surface area contributed by atoms with Crippen LogP contribution in [0.3, 0.4) is 0 Å². The van der Waals surface area contributed by atoms with Gasteiger partial charge in [0, 0.05) is 10.9 Å². The summed E-state index contributed by atoms with van der Waals surface area (Å²) in [7, 11) is 1.56. The molecular formula is C14H13BrO3. The molecule has 1 atom stereocenters. The maximum absolute atomic E-state index is 11.3. The highest BCUT2D eigenvalue weighted by Crippen LogP contribution is 2.18. The van der Waals surface area contributed by atoms with Gasteiger partial charge in [-0.15, -0.1) is 0 Å². The van der Waals surface area contributed by atoms with Gasteiger partial charge in [0.2, 0.25) is 0 Å². The van der Waals surface area contributed by atoms with Gasteiger partial charge in [-0.3, -0.25) is 0 Å². The summed E-state index contributed by atoms with van der Waals surface area (Å²) >= 11 is 3.38. The van der Waals surface area contributed by atoms with Crippen molar-refractivity contribution in [1.82, 2.24) is 0 Å². The normalized spacial score (nSPS) is 19.6. The number of hydrogen-bond donors (Lipinski definition) is 0. The molecule has 0 N–H and O–H groups in total. The van der Waals surface area contributed by atoms with Crippen molar-refractivity contribution in [1.29, 1.82) is 0 Å². The van der Waals surface area contributed by atoms with Crippen LogP contribution in [0.1, 0.15) is 12.0 Å². The lowest BCUT2D eigenvalue weighted by Gasteiger charge is -2.19. The second-order valence-electron chi connectivity index (χ2n) is 3.90. The van der Waals surface area contributed by atoms with Crippen LogP contribution in [0.5, 0.6) is 0 Å². The van der Waals surface area contributed by atoms with Crippen molar-refractivity contribution in [2.75, 3.05) is 7.11 Å². The standard InChI is InChI=1S/C14H13BrO3/c1-17-13-8-12(18-14(16)9-13)7-4-10-2-5-11(15)6-3-10/h2-7,9,12H,8H2,1H3. The van der Waals surface area contributed by atoms with Gasteiger partial charge < -0.3 is 9.47 Å². The van der Waals surface area contributed by atoms with Crippen LogP contribution in [0.4, 0.5) is 0 Å². The number of carbonyl (C=O) groups is 1. The van der Waals surface area contributed by atoms with Crippen LogP contribution in [0.15, 0.2) is 46.6 Å². The summed E-state index contributed by atoms with van der Waals surface area (Å²) in [5.41, 5.74) is 1.06. The van der Waals surface area contributed by atoms with E-state index in [1.165, 1.54) is 6.08 Å². The number of cyclic esters (lactones) is 1. The van der Waals surface area contributed by atoms with Crippen molar-refractivity contribution in [2.45, 2.75) is 12.5 Å². The number of halogens is 1. The van der Waals surface area contributed by atoms with Crippen molar-refractivity contribution in [3.05, 3.63) is 52.2 Å². The Morgan fingerprint density at radius 3 is 2.78 bits per heavy atom. The lowest BCUT2D eigenvalue weighted by atomic mass is 10.1. The fraction of sp³-hybridized carbons (Fsp3) is 0.214. The molecule has 1 aliphatic heterocycles. The van der Waals surface area contributed by atoms with E-state index in [1.807, 2.05) is 36.4 Å². The Hall–Kier alpha value is -1.55. The second kappa shape index (κ2) is 5.87. The summed E-state index contributed by atoms with van der Waals surface area (Å²) in [4.78, 5) is 11.3. The lowest BCUT2D eigenvalue weighted by molar-refractivity contribution is -0.142. The molecule has 18 heavy (non-hydrogen) atoms. The number of esters is 1. The highest BCUT2D eigenvalue weighted by Gasteiger charge is 2.19. The van der Waals surface area contributed by atoms with Gasteiger partial charge in [0.05, 0.1) is 13.2 Å². The van der Waals surface area contributed by atoms with Crippen molar-refractivity contribution in [3.63, 3.8) is 0 Å². The number of carbonyl (C=O) groups excluding carboxylic acids is 1. The molecule has 0 bridgehead atoms. The Labute approximate surface area is 114 Å². The molecule has 0 aliphatic carbocycles. The molecular weight excluding hydrogens is 296 g/mol. The van der Waals surface area contributed by atoms with Crippen molar-refractivity contribution < 1.29 is 14.3 Å². The van der Waals surface area contributed by atoms with Crippen molar-refractivity contribution in [3.8, 4) is 0 Å². The summed E-state index contributed by atoms with van der Waals surface area (Å²) in [6.07, 6.45) is 5.50. The average molecular weight is 309 g/mol. The van der Waals surface area contributed by atoms with Crippen LogP contribution in [0, 0.1) is 0 Å². The molecule has 0 fully saturated rings. The van der Waals surface area contributed by atoms with Crippen LogP contribution in [0.25, 0.3) is 6.08 Å². The minimum atomic E-state index is -0.358. The zero-order chi connectivity index (χ0) is 13.0. The lowest BCUT2D eigenvalue weighted by Crippen LogP contribution is -2.21. The van der Waals surface area contributed by atoms with Crippen LogP contribution in [-0.2, 0) is 14.3 Å². The van der Waals surface area contributed by atoms with Crippen molar-refractivity contribution in [2.24, 2.45) is 0 Å². The fourth-order valence-corrected chi connectivity index (χ4v) is 1.92. The van der Waals surface area contributed by atoms with Crippen LogP contribution in [0.2, 0.25) is 0 Å². The predicted molar refractivity (Wildman–Crippen MR) is 72.8 cm³/mol. The Morgan fingerprint density at radius 2 is 2.11 bits per heavy atom. The highest BCUT2D eigenvalue weighted by molar-refractivity contribution is 9.10. The number of benzene rings is 1. The third-order valence-electron chi connectivity index (χ3n) is 2.58.